The van der Waals surface area contributed by atoms with E-state index >= 15 is 0 Å². The van der Waals surface area contributed by atoms with Crippen molar-refractivity contribution in [3.8, 4) is 0 Å². The minimum Gasteiger partial charge on any atom is -0.271 e. The zero-order valence-corrected chi connectivity index (χ0v) is 10.3. The van der Waals surface area contributed by atoms with E-state index in [9.17, 15) is 0 Å². The quantitative estimate of drug-likeness (QED) is 0.576. The van der Waals surface area contributed by atoms with Gasteiger partial charge in [-0.1, -0.05) is 37.6 Å². The molecular weight excluding hydrogens is 204 g/mol. The van der Waals surface area contributed by atoms with Crippen LogP contribution in [0, 0.1) is 0 Å². The largest absolute Gasteiger partial charge is 0.271 e. The van der Waals surface area contributed by atoms with Gasteiger partial charge in [-0.3, -0.25) is 11.3 Å². The fraction of sp³-hybridized carbons (Fsp3) is 0.500. The van der Waals surface area contributed by atoms with Gasteiger partial charge >= 0.3 is 0 Å². The van der Waals surface area contributed by atoms with E-state index in [2.05, 4.69) is 42.9 Å². The molecule has 0 aliphatic heterocycles. The lowest BCUT2D eigenvalue weighted by Gasteiger charge is -2.15. The molecule has 0 aliphatic rings. The lowest BCUT2D eigenvalue weighted by molar-refractivity contribution is 0.611. The van der Waals surface area contributed by atoms with Crippen LogP contribution in [0.5, 0.6) is 0 Å². The van der Waals surface area contributed by atoms with E-state index in [1.54, 1.807) is 11.8 Å². The van der Waals surface area contributed by atoms with E-state index < -0.39 is 0 Å². The molecule has 1 aromatic carbocycles. The van der Waals surface area contributed by atoms with Gasteiger partial charge in [0.1, 0.15) is 0 Å². The van der Waals surface area contributed by atoms with Crippen molar-refractivity contribution in [2.75, 3.05) is 12.0 Å². The van der Waals surface area contributed by atoms with Crippen LogP contribution < -0.4 is 11.3 Å². The fourth-order valence-electron chi connectivity index (χ4n) is 1.61. The summed E-state index contributed by atoms with van der Waals surface area (Å²) in [5.74, 6) is 6.53. The van der Waals surface area contributed by atoms with Crippen LogP contribution in [0.2, 0.25) is 0 Å². The Hall–Kier alpha value is -0.510. The number of nitrogens with one attached hydrogen (secondary N) is 1. The summed E-state index contributed by atoms with van der Waals surface area (Å²) in [5, 5.41) is 0. The Morgan fingerprint density at radius 2 is 2.00 bits per heavy atom. The molecule has 1 rings (SSSR count). The molecule has 84 valence electrons. The van der Waals surface area contributed by atoms with Gasteiger partial charge in [0, 0.05) is 5.75 Å². The number of hydrogen-bond donors (Lipinski definition) is 2. The van der Waals surface area contributed by atoms with Gasteiger partial charge in [-0.25, -0.2) is 0 Å². The highest BCUT2D eigenvalue weighted by molar-refractivity contribution is 7.98. The number of aryl methyl sites for hydroxylation is 1. The van der Waals surface area contributed by atoms with E-state index in [1.165, 1.54) is 17.5 Å². The molecule has 0 amide bonds. The van der Waals surface area contributed by atoms with Crippen LogP contribution >= 0.6 is 11.8 Å². The number of rotatable bonds is 6. The first-order chi connectivity index (χ1) is 7.31. The SMILES string of the molecule is CCCc1ccc(C(CSC)NN)cc1. The maximum atomic E-state index is 5.52. The van der Waals surface area contributed by atoms with Gasteiger partial charge in [-0.15, -0.1) is 0 Å². The van der Waals surface area contributed by atoms with E-state index in [1.807, 2.05) is 0 Å². The predicted molar refractivity (Wildman–Crippen MR) is 68.9 cm³/mol. The predicted octanol–water partition coefficient (Wildman–Crippen LogP) is 2.51. The molecule has 1 unspecified atom stereocenters. The van der Waals surface area contributed by atoms with Crippen molar-refractivity contribution in [1.29, 1.82) is 0 Å². The molecule has 1 aromatic rings. The summed E-state index contributed by atoms with van der Waals surface area (Å²) < 4.78 is 0. The topological polar surface area (TPSA) is 38.0 Å². The number of hydrazine groups is 1. The molecule has 15 heavy (non-hydrogen) atoms. The first-order valence-electron chi connectivity index (χ1n) is 5.35. The Labute approximate surface area is 96.6 Å². The first-order valence-corrected chi connectivity index (χ1v) is 6.75. The lowest BCUT2D eigenvalue weighted by atomic mass is 10.0. The molecule has 0 aromatic heterocycles. The second-order valence-electron chi connectivity index (χ2n) is 3.67. The smallest absolute Gasteiger partial charge is 0.0550 e. The summed E-state index contributed by atoms with van der Waals surface area (Å²) in [7, 11) is 0. The molecular formula is C12H20N2S. The van der Waals surface area contributed by atoms with Crippen LogP contribution in [0.3, 0.4) is 0 Å². The molecule has 0 fully saturated rings. The third-order valence-corrected chi connectivity index (χ3v) is 3.12. The maximum absolute atomic E-state index is 5.52. The van der Waals surface area contributed by atoms with Crippen molar-refractivity contribution in [1.82, 2.24) is 5.43 Å². The highest BCUT2D eigenvalue weighted by atomic mass is 32.2. The number of hydrogen-bond acceptors (Lipinski definition) is 3. The third-order valence-electron chi connectivity index (χ3n) is 2.46. The van der Waals surface area contributed by atoms with Crippen molar-refractivity contribution in [2.45, 2.75) is 25.8 Å². The molecule has 0 heterocycles. The number of benzene rings is 1. The van der Waals surface area contributed by atoms with Crippen molar-refractivity contribution < 1.29 is 0 Å². The van der Waals surface area contributed by atoms with Gasteiger partial charge in [-0.05, 0) is 23.8 Å². The lowest BCUT2D eigenvalue weighted by Crippen LogP contribution is -2.29. The molecule has 1 atom stereocenters. The molecule has 3 N–H and O–H groups in total. The van der Waals surface area contributed by atoms with Crippen LogP contribution in [-0.2, 0) is 6.42 Å². The zero-order chi connectivity index (χ0) is 11.1. The standard InChI is InChI=1S/C12H20N2S/c1-3-4-10-5-7-11(8-6-10)12(14-13)9-15-2/h5-8,12,14H,3-4,9,13H2,1-2H3. The van der Waals surface area contributed by atoms with E-state index in [4.69, 9.17) is 5.84 Å². The molecule has 0 aliphatic carbocycles. The molecule has 2 nitrogen and oxygen atoms in total. The average molecular weight is 224 g/mol. The summed E-state index contributed by atoms with van der Waals surface area (Å²) >= 11 is 1.80. The van der Waals surface area contributed by atoms with Crippen LogP contribution in [0.15, 0.2) is 24.3 Å². The summed E-state index contributed by atoms with van der Waals surface area (Å²) in [6.07, 6.45) is 4.45. The number of nitrogens with two attached hydrogens (primary N) is 1. The van der Waals surface area contributed by atoms with Gasteiger partial charge < -0.3 is 0 Å². The molecule has 0 saturated carbocycles. The van der Waals surface area contributed by atoms with Crippen molar-refractivity contribution in [3.05, 3.63) is 35.4 Å². The Balaban J connectivity index is 2.68. The summed E-state index contributed by atoms with van der Waals surface area (Å²) in [4.78, 5) is 0. The van der Waals surface area contributed by atoms with Crippen LogP contribution in [0.25, 0.3) is 0 Å². The summed E-state index contributed by atoms with van der Waals surface area (Å²) in [6, 6.07) is 9.00. The van der Waals surface area contributed by atoms with Gasteiger partial charge in [0.25, 0.3) is 0 Å². The summed E-state index contributed by atoms with van der Waals surface area (Å²) in [5.41, 5.74) is 5.52. The maximum Gasteiger partial charge on any atom is 0.0550 e. The monoisotopic (exact) mass is 224 g/mol. The molecule has 3 heteroatoms. The fourth-order valence-corrected chi connectivity index (χ4v) is 2.23. The number of thioether (sulfide) groups is 1. The van der Waals surface area contributed by atoms with E-state index in [0.29, 0.717) is 0 Å². The second-order valence-corrected chi connectivity index (χ2v) is 4.58. The van der Waals surface area contributed by atoms with Crippen molar-refractivity contribution >= 4 is 11.8 Å². The van der Waals surface area contributed by atoms with Gasteiger partial charge in [0.15, 0.2) is 0 Å². The molecule has 0 spiro atoms. The van der Waals surface area contributed by atoms with Crippen LogP contribution in [0.1, 0.15) is 30.5 Å². The average Bonchev–Trinajstić information content (AvgIpc) is 2.28. The van der Waals surface area contributed by atoms with Gasteiger partial charge in [0.05, 0.1) is 6.04 Å². The first kappa shape index (κ1) is 12.6. The van der Waals surface area contributed by atoms with E-state index in [-0.39, 0.29) is 6.04 Å². The second kappa shape index (κ2) is 6.88. The molecule has 0 saturated heterocycles. The Bertz CT molecular complexity index is 271. The highest BCUT2D eigenvalue weighted by Crippen LogP contribution is 2.17. The van der Waals surface area contributed by atoms with Crippen LogP contribution in [0.4, 0.5) is 0 Å². The highest BCUT2D eigenvalue weighted by Gasteiger charge is 2.07. The van der Waals surface area contributed by atoms with Crippen molar-refractivity contribution in [3.63, 3.8) is 0 Å². The van der Waals surface area contributed by atoms with Gasteiger partial charge in [-0.2, -0.15) is 11.8 Å². The molecule has 0 bridgehead atoms. The zero-order valence-electron chi connectivity index (χ0n) is 9.49. The Morgan fingerprint density at radius 1 is 1.33 bits per heavy atom. The Kier molecular flexibility index (Phi) is 5.76. The minimum absolute atomic E-state index is 0.260. The third kappa shape index (κ3) is 3.86. The normalized spacial score (nSPS) is 12.7. The van der Waals surface area contributed by atoms with Crippen LogP contribution in [-0.4, -0.2) is 12.0 Å². The van der Waals surface area contributed by atoms with Crippen molar-refractivity contribution in [2.24, 2.45) is 5.84 Å². The summed E-state index contributed by atoms with van der Waals surface area (Å²) in [6.45, 7) is 2.20. The van der Waals surface area contributed by atoms with Gasteiger partial charge in [0.2, 0.25) is 0 Å². The van der Waals surface area contributed by atoms with E-state index in [0.717, 1.165) is 12.2 Å². The minimum atomic E-state index is 0.260. The molecule has 0 radical (unpaired) electrons. The Morgan fingerprint density at radius 3 is 2.47 bits per heavy atom.